The second-order valence-corrected chi connectivity index (χ2v) is 6.91. The first kappa shape index (κ1) is 21.9. The zero-order valence-corrected chi connectivity index (χ0v) is 16.7. The van der Waals surface area contributed by atoms with Crippen molar-refractivity contribution in [3.63, 3.8) is 0 Å². The number of methoxy groups -OCH3 is 1. The summed E-state index contributed by atoms with van der Waals surface area (Å²) in [5, 5.41) is 2.64. The van der Waals surface area contributed by atoms with E-state index in [9.17, 15) is 22.8 Å². The highest BCUT2D eigenvalue weighted by atomic mass is 19.4. The van der Waals surface area contributed by atoms with Crippen molar-refractivity contribution in [3.05, 3.63) is 87.8 Å². The van der Waals surface area contributed by atoms with Crippen molar-refractivity contribution in [2.24, 2.45) is 0 Å². The zero-order valence-electron chi connectivity index (χ0n) is 16.7. The quantitative estimate of drug-likeness (QED) is 0.600. The van der Waals surface area contributed by atoms with Gasteiger partial charge in [-0.05, 0) is 61.0 Å². The summed E-state index contributed by atoms with van der Waals surface area (Å²) >= 11 is 0. The van der Waals surface area contributed by atoms with Crippen LogP contribution < -0.4 is 21.3 Å². The molecule has 0 saturated heterocycles. The number of rotatable bonds is 5. The Labute approximate surface area is 176 Å². The summed E-state index contributed by atoms with van der Waals surface area (Å²) in [4.78, 5) is 24.9. The Morgan fingerprint density at radius 3 is 2.39 bits per heavy atom. The number of amides is 1. The van der Waals surface area contributed by atoms with E-state index < -0.39 is 23.7 Å². The van der Waals surface area contributed by atoms with Crippen molar-refractivity contribution in [1.29, 1.82) is 0 Å². The molecular weight excluding hydrogens is 411 g/mol. The second-order valence-electron chi connectivity index (χ2n) is 6.91. The molecule has 6 nitrogen and oxygen atoms in total. The van der Waals surface area contributed by atoms with Crippen LogP contribution in [-0.2, 0) is 6.18 Å². The van der Waals surface area contributed by atoms with Crippen LogP contribution in [0.1, 0.15) is 34.5 Å². The van der Waals surface area contributed by atoms with Crippen LogP contribution in [0.15, 0.2) is 65.6 Å². The average Bonchev–Trinajstić information content (AvgIpc) is 2.73. The van der Waals surface area contributed by atoms with Gasteiger partial charge in [-0.2, -0.15) is 13.2 Å². The lowest BCUT2D eigenvalue weighted by Crippen LogP contribution is -2.28. The van der Waals surface area contributed by atoms with Gasteiger partial charge in [-0.25, -0.2) is 0 Å². The minimum absolute atomic E-state index is 0.0565. The molecule has 3 aromatic rings. The summed E-state index contributed by atoms with van der Waals surface area (Å²) in [7, 11) is 1.52. The van der Waals surface area contributed by atoms with Gasteiger partial charge in [0, 0.05) is 23.6 Å². The standard InChI is InChI=1S/C22H20F3N3O3/c1-13(15-9-16(22(23,24)25)11-17(26)10-15)27-21(30)14-3-8-20(29)28(12-14)18-4-6-19(31-2)7-5-18/h3-13H,26H2,1-2H3,(H,27,30)/t13-/m1/s1. The SMILES string of the molecule is COc1ccc(-n2cc(C(=O)N[C@H](C)c3cc(N)cc(C(F)(F)F)c3)ccc2=O)cc1. The maximum Gasteiger partial charge on any atom is 0.416 e. The number of hydrogen-bond acceptors (Lipinski definition) is 4. The van der Waals surface area contributed by atoms with Crippen molar-refractivity contribution in [2.75, 3.05) is 12.8 Å². The zero-order chi connectivity index (χ0) is 22.8. The van der Waals surface area contributed by atoms with Crippen LogP contribution in [0, 0.1) is 0 Å². The fraction of sp³-hybridized carbons (Fsp3) is 0.182. The number of halogens is 3. The largest absolute Gasteiger partial charge is 0.497 e. The van der Waals surface area contributed by atoms with Crippen molar-refractivity contribution >= 4 is 11.6 Å². The molecule has 0 radical (unpaired) electrons. The van der Waals surface area contributed by atoms with Gasteiger partial charge in [-0.3, -0.25) is 14.2 Å². The first-order valence-electron chi connectivity index (χ1n) is 9.24. The number of alkyl halides is 3. The third-order valence-electron chi connectivity index (χ3n) is 4.68. The molecule has 0 unspecified atom stereocenters. The summed E-state index contributed by atoms with van der Waals surface area (Å²) in [6.07, 6.45) is -3.19. The topological polar surface area (TPSA) is 86.3 Å². The van der Waals surface area contributed by atoms with E-state index in [-0.39, 0.29) is 22.4 Å². The minimum atomic E-state index is -4.55. The van der Waals surface area contributed by atoms with Crippen molar-refractivity contribution in [2.45, 2.75) is 19.1 Å². The molecule has 1 atom stereocenters. The van der Waals surface area contributed by atoms with Crippen LogP contribution in [0.2, 0.25) is 0 Å². The number of ether oxygens (including phenoxy) is 1. The number of carbonyl (C=O) groups excluding carboxylic acids is 1. The Balaban J connectivity index is 1.85. The third-order valence-corrected chi connectivity index (χ3v) is 4.68. The maximum absolute atomic E-state index is 13.0. The van der Waals surface area contributed by atoms with Crippen LogP contribution in [0.4, 0.5) is 18.9 Å². The van der Waals surface area contributed by atoms with Gasteiger partial charge in [-0.15, -0.1) is 0 Å². The minimum Gasteiger partial charge on any atom is -0.497 e. The van der Waals surface area contributed by atoms with Crippen LogP contribution in [0.3, 0.4) is 0 Å². The Morgan fingerprint density at radius 2 is 1.77 bits per heavy atom. The lowest BCUT2D eigenvalue weighted by atomic mass is 10.0. The summed E-state index contributed by atoms with van der Waals surface area (Å²) < 4.78 is 45.5. The van der Waals surface area contributed by atoms with Gasteiger partial charge in [0.2, 0.25) is 0 Å². The molecule has 3 rings (SSSR count). The highest BCUT2D eigenvalue weighted by molar-refractivity contribution is 5.94. The normalized spacial score (nSPS) is 12.3. The van der Waals surface area contributed by atoms with E-state index in [4.69, 9.17) is 10.5 Å². The molecule has 3 N–H and O–H groups in total. The Hall–Kier alpha value is -3.75. The fourth-order valence-corrected chi connectivity index (χ4v) is 3.02. The molecule has 1 heterocycles. The molecule has 0 spiro atoms. The van der Waals surface area contributed by atoms with E-state index in [0.717, 1.165) is 12.1 Å². The number of nitrogen functional groups attached to an aromatic ring is 1. The van der Waals surface area contributed by atoms with Gasteiger partial charge in [0.1, 0.15) is 5.75 Å². The maximum atomic E-state index is 13.0. The molecule has 0 aliphatic carbocycles. The number of pyridine rings is 1. The predicted molar refractivity (Wildman–Crippen MR) is 110 cm³/mol. The lowest BCUT2D eigenvalue weighted by molar-refractivity contribution is -0.137. The molecular formula is C22H20F3N3O3. The van der Waals surface area contributed by atoms with E-state index >= 15 is 0 Å². The van der Waals surface area contributed by atoms with Crippen molar-refractivity contribution in [3.8, 4) is 11.4 Å². The van der Waals surface area contributed by atoms with E-state index in [1.165, 1.54) is 36.1 Å². The molecule has 162 valence electrons. The highest BCUT2D eigenvalue weighted by Crippen LogP contribution is 2.32. The molecule has 0 aliphatic heterocycles. The van der Waals surface area contributed by atoms with Crippen molar-refractivity contribution < 1.29 is 22.7 Å². The molecule has 0 bridgehead atoms. The number of anilines is 1. The number of benzene rings is 2. The van der Waals surface area contributed by atoms with Crippen LogP contribution in [-0.4, -0.2) is 17.6 Å². The van der Waals surface area contributed by atoms with Crippen molar-refractivity contribution in [1.82, 2.24) is 9.88 Å². The van der Waals surface area contributed by atoms with E-state index in [2.05, 4.69) is 5.32 Å². The molecule has 31 heavy (non-hydrogen) atoms. The van der Waals surface area contributed by atoms with Gasteiger partial charge in [0.25, 0.3) is 11.5 Å². The third kappa shape index (κ3) is 5.06. The molecule has 2 aromatic carbocycles. The number of carbonyl (C=O) groups is 1. The molecule has 0 aliphatic rings. The number of nitrogens with two attached hydrogens (primary N) is 1. The van der Waals surface area contributed by atoms with E-state index in [1.807, 2.05) is 0 Å². The fourth-order valence-electron chi connectivity index (χ4n) is 3.02. The number of hydrogen-bond donors (Lipinski definition) is 2. The van der Waals surface area contributed by atoms with Crippen LogP contribution in [0.5, 0.6) is 5.75 Å². The Morgan fingerprint density at radius 1 is 1.10 bits per heavy atom. The molecule has 1 amide bonds. The van der Waals surface area contributed by atoms with E-state index in [1.54, 1.807) is 31.2 Å². The number of nitrogens with one attached hydrogen (secondary N) is 1. The second kappa shape index (κ2) is 8.55. The smallest absolute Gasteiger partial charge is 0.416 e. The average molecular weight is 431 g/mol. The lowest BCUT2D eigenvalue weighted by Gasteiger charge is -2.17. The van der Waals surface area contributed by atoms with Gasteiger partial charge in [-0.1, -0.05) is 0 Å². The number of nitrogens with zero attached hydrogens (tertiary/aromatic N) is 1. The van der Waals surface area contributed by atoms with Gasteiger partial charge in [0.15, 0.2) is 0 Å². The molecule has 0 saturated carbocycles. The summed E-state index contributed by atoms with van der Waals surface area (Å²) in [5.41, 5.74) is 5.21. The predicted octanol–water partition coefficient (Wildman–Crippen LogP) is 3.94. The first-order chi connectivity index (χ1) is 14.6. The van der Waals surface area contributed by atoms with Gasteiger partial charge < -0.3 is 15.8 Å². The Bertz CT molecular complexity index is 1160. The van der Waals surface area contributed by atoms with Gasteiger partial charge in [0.05, 0.1) is 24.3 Å². The van der Waals surface area contributed by atoms with Crippen LogP contribution >= 0.6 is 0 Å². The Kier molecular flexibility index (Phi) is 6.05. The molecule has 9 heteroatoms. The summed E-state index contributed by atoms with van der Waals surface area (Å²) in [6, 6.07) is 11.7. The highest BCUT2D eigenvalue weighted by Gasteiger charge is 2.31. The monoisotopic (exact) mass is 431 g/mol. The first-order valence-corrected chi connectivity index (χ1v) is 9.24. The van der Waals surface area contributed by atoms with Crippen LogP contribution in [0.25, 0.3) is 5.69 Å². The van der Waals surface area contributed by atoms with E-state index in [0.29, 0.717) is 11.4 Å². The summed E-state index contributed by atoms with van der Waals surface area (Å²) in [5.74, 6) is 0.0608. The number of aromatic nitrogens is 1. The molecule has 0 fully saturated rings. The molecule has 1 aromatic heterocycles. The van der Waals surface area contributed by atoms with Gasteiger partial charge >= 0.3 is 6.18 Å². The summed E-state index contributed by atoms with van der Waals surface area (Å²) in [6.45, 7) is 1.55.